The maximum atomic E-state index is 14.5. The van der Waals surface area contributed by atoms with Crippen LogP contribution in [0.15, 0.2) is 36.8 Å². The van der Waals surface area contributed by atoms with Crippen molar-refractivity contribution in [2.45, 2.75) is 38.1 Å². The molecule has 1 aromatic carbocycles. The van der Waals surface area contributed by atoms with E-state index in [1.54, 1.807) is 28.4 Å². The summed E-state index contributed by atoms with van der Waals surface area (Å²) >= 11 is 0. The van der Waals surface area contributed by atoms with Crippen molar-refractivity contribution in [1.82, 2.24) is 24.5 Å². The lowest BCUT2D eigenvalue weighted by molar-refractivity contribution is 0.102. The van der Waals surface area contributed by atoms with Gasteiger partial charge in [0.1, 0.15) is 5.52 Å². The first kappa shape index (κ1) is 21.1. The van der Waals surface area contributed by atoms with Gasteiger partial charge in [0.25, 0.3) is 5.91 Å². The highest BCUT2D eigenvalue weighted by atomic mass is 19.1. The molecule has 0 unspecified atom stereocenters. The third kappa shape index (κ3) is 3.51. The molecule has 5 heterocycles. The summed E-state index contributed by atoms with van der Waals surface area (Å²) in [6.07, 6.45) is 10.1. The molecule has 0 radical (unpaired) electrons. The van der Waals surface area contributed by atoms with Crippen molar-refractivity contribution in [2.75, 3.05) is 29.9 Å². The van der Waals surface area contributed by atoms with Crippen LogP contribution in [0.25, 0.3) is 16.6 Å². The first-order valence-corrected chi connectivity index (χ1v) is 11.8. The number of amides is 1. The van der Waals surface area contributed by atoms with Gasteiger partial charge < -0.3 is 19.9 Å². The van der Waals surface area contributed by atoms with Crippen molar-refractivity contribution in [3.05, 3.63) is 53.9 Å². The number of fused-ring (bicyclic) bond motifs is 2. The smallest absolute Gasteiger partial charge is 0.257 e. The summed E-state index contributed by atoms with van der Waals surface area (Å²) in [6.45, 7) is 4.88. The number of hydrogen-bond donors (Lipinski definition) is 2. The van der Waals surface area contributed by atoms with Crippen molar-refractivity contribution in [3.63, 3.8) is 0 Å². The minimum atomic E-state index is -0.483. The maximum absolute atomic E-state index is 14.5. The van der Waals surface area contributed by atoms with Crippen molar-refractivity contribution >= 4 is 33.8 Å². The van der Waals surface area contributed by atoms with Gasteiger partial charge in [0, 0.05) is 61.4 Å². The van der Waals surface area contributed by atoms with Crippen LogP contribution in [0, 0.1) is 12.7 Å². The predicted molar refractivity (Wildman–Crippen MR) is 130 cm³/mol. The van der Waals surface area contributed by atoms with E-state index in [2.05, 4.69) is 25.6 Å². The number of benzene rings is 1. The minimum Gasteiger partial charge on any atom is -0.371 e. The molecule has 6 rings (SSSR count). The second-order valence-corrected chi connectivity index (χ2v) is 9.64. The van der Waals surface area contributed by atoms with Crippen LogP contribution in [0.2, 0.25) is 0 Å². The van der Waals surface area contributed by atoms with E-state index >= 15 is 0 Å². The molecule has 2 aliphatic rings. The number of hydrogen-bond acceptors (Lipinski definition) is 5. The monoisotopic (exact) mass is 461 g/mol. The fourth-order valence-electron chi connectivity index (χ4n) is 5.58. The van der Waals surface area contributed by atoms with Crippen molar-refractivity contribution in [3.8, 4) is 0 Å². The van der Waals surface area contributed by atoms with Crippen molar-refractivity contribution < 1.29 is 9.18 Å². The number of nitrogens with zero attached hydrogens (tertiary/aromatic N) is 5. The number of aryl methyl sites for hydroxylation is 2. The number of carbonyl (C=O) groups excluding carboxylic acids is 1. The number of rotatable bonds is 3. The topological polar surface area (TPSA) is 79.5 Å². The van der Waals surface area contributed by atoms with Crippen LogP contribution in [0.3, 0.4) is 0 Å². The molecule has 34 heavy (non-hydrogen) atoms. The Morgan fingerprint density at radius 3 is 2.76 bits per heavy atom. The van der Waals surface area contributed by atoms with Crippen LogP contribution >= 0.6 is 0 Å². The fraction of sp³-hybridized carbons (Fsp3) is 0.400. The van der Waals surface area contributed by atoms with E-state index in [4.69, 9.17) is 0 Å². The summed E-state index contributed by atoms with van der Waals surface area (Å²) in [5.74, 6) is -0.803. The Balaban J connectivity index is 1.29. The maximum Gasteiger partial charge on any atom is 0.257 e. The number of carbonyl (C=O) groups is 1. The van der Waals surface area contributed by atoms with Crippen LogP contribution in [0.1, 0.15) is 41.7 Å². The van der Waals surface area contributed by atoms with Crippen LogP contribution in [-0.2, 0) is 7.05 Å². The lowest BCUT2D eigenvalue weighted by Gasteiger charge is -2.40. The van der Waals surface area contributed by atoms with Gasteiger partial charge in [0.15, 0.2) is 11.5 Å². The summed E-state index contributed by atoms with van der Waals surface area (Å²) in [6, 6.07) is 5.14. The van der Waals surface area contributed by atoms with E-state index in [9.17, 15) is 9.18 Å². The standard InChI is InChI=1S/C25H28FN7O/c1-16-13-33-14-17(12-20(26)23(33)28-16)29-24(34)18-4-5-21(19-15-31(2)30-22(18)19)32-10-7-25(8-11-32)6-3-9-27-25/h4-5,12-15,27H,3,6-11H2,1-2H3,(H,29,34). The summed E-state index contributed by atoms with van der Waals surface area (Å²) in [7, 11) is 1.86. The van der Waals surface area contributed by atoms with E-state index in [1.807, 2.05) is 25.4 Å². The van der Waals surface area contributed by atoms with E-state index < -0.39 is 5.82 Å². The summed E-state index contributed by atoms with van der Waals surface area (Å²) < 4.78 is 17.8. The molecule has 0 bridgehead atoms. The summed E-state index contributed by atoms with van der Waals surface area (Å²) in [5.41, 5.74) is 3.84. The molecule has 1 spiro atoms. The van der Waals surface area contributed by atoms with Gasteiger partial charge in [-0.3, -0.25) is 9.48 Å². The number of imidazole rings is 1. The molecule has 2 fully saturated rings. The van der Waals surface area contributed by atoms with Gasteiger partial charge >= 0.3 is 0 Å². The third-order valence-corrected chi connectivity index (χ3v) is 7.29. The van der Waals surface area contributed by atoms with Gasteiger partial charge in [0.2, 0.25) is 0 Å². The van der Waals surface area contributed by atoms with Crippen molar-refractivity contribution in [1.29, 1.82) is 0 Å². The second kappa shape index (κ2) is 7.80. The SMILES string of the molecule is Cc1cn2cc(NC(=O)c3ccc(N4CCC5(CCCN5)CC4)c4cn(C)nc34)cc(F)c2n1. The molecule has 4 aromatic rings. The van der Waals surface area contributed by atoms with Gasteiger partial charge in [-0.15, -0.1) is 0 Å². The average molecular weight is 462 g/mol. The van der Waals surface area contributed by atoms with Gasteiger partial charge in [-0.25, -0.2) is 9.37 Å². The molecule has 2 aliphatic heterocycles. The predicted octanol–water partition coefficient (Wildman–Crippen LogP) is 3.64. The molecule has 0 atom stereocenters. The minimum absolute atomic E-state index is 0.239. The number of piperidine rings is 1. The highest BCUT2D eigenvalue weighted by Crippen LogP contribution is 2.36. The second-order valence-electron chi connectivity index (χ2n) is 9.64. The van der Waals surface area contributed by atoms with Crippen molar-refractivity contribution in [2.24, 2.45) is 7.05 Å². The zero-order valence-corrected chi connectivity index (χ0v) is 19.4. The Morgan fingerprint density at radius 2 is 2.00 bits per heavy atom. The molecule has 8 nitrogen and oxygen atoms in total. The molecule has 3 aromatic heterocycles. The zero-order chi connectivity index (χ0) is 23.4. The fourth-order valence-corrected chi connectivity index (χ4v) is 5.58. The largest absolute Gasteiger partial charge is 0.371 e. The van der Waals surface area contributed by atoms with Gasteiger partial charge in [0.05, 0.1) is 16.9 Å². The van der Waals surface area contributed by atoms with Gasteiger partial charge in [-0.1, -0.05) is 0 Å². The summed E-state index contributed by atoms with van der Waals surface area (Å²) in [5, 5.41) is 12.1. The quantitative estimate of drug-likeness (QED) is 0.487. The zero-order valence-electron chi connectivity index (χ0n) is 19.4. The molecule has 0 aliphatic carbocycles. The van der Waals surface area contributed by atoms with Gasteiger partial charge in [-0.2, -0.15) is 5.10 Å². The highest BCUT2D eigenvalue weighted by Gasteiger charge is 2.37. The first-order chi connectivity index (χ1) is 16.4. The molecule has 2 saturated heterocycles. The number of pyridine rings is 1. The van der Waals surface area contributed by atoms with Crippen LogP contribution in [0.4, 0.5) is 15.8 Å². The number of anilines is 2. The van der Waals surface area contributed by atoms with E-state index in [-0.39, 0.29) is 11.6 Å². The molecule has 0 saturated carbocycles. The number of halogens is 1. The van der Waals surface area contributed by atoms with E-state index in [0.29, 0.717) is 28.0 Å². The average Bonchev–Trinajstić information content (AvgIpc) is 3.52. The molecular formula is C25H28FN7O. The number of aromatic nitrogens is 4. The lowest BCUT2D eigenvalue weighted by Crippen LogP contribution is -2.50. The molecule has 1 amide bonds. The highest BCUT2D eigenvalue weighted by molar-refractivity contribution is 6.13. The summed E-state index contributed by atoms with van der Waals surface area (Å²) in [4.78, 5) is 19.8. The van der Waals surface area contributed by atoms with Crippen LogP contribution in [-0.4, -0.2) is 50.2 Å². The Morgan fingerprint density at radius 1 is 1.18 bits per heavy atom. The van der Waals surface area contributed by atoms with Gasteiger partial charge in [-0.05, 0) is 51.3 Å². The molecule has 176 valence electrons. The third-order valence-electron chi connectivity index (χ3n) is 7.29. The Bertz CT molecular complexity index is 1410. The number of nitrogens with one attached hydrogen (secondary N) is 2. The molecular weight excluding hydrogens is 433 g/mol. The van der Waals surface area contributed by atoms with E-state index in [0.717, 1.165) is 43.5 Å². The Hall–Kier alpha value is -3.46. The molecule has 9 heteroatoms. The normalized spacial score (nSPS) is 17.8. The van der Waals surface area contributed by atoms with E-state index in [1.165, 1.54) is 18.9 Å². The first-order valence-electron chi connectivity index (χ1n) is 11.8. The molecule has 2 N–H and O–H groups in total. The van der Waals surface area contributed by atoms with Crippen LogP contribution < -0.4 is 15.5 Å². The Kier molecular flexibility index (Phi) is 4.84. The Labute approximate surface area is 196 Å². The lowest BCUT2D eigenvalue weighted by atomic mass is 9.86. The van der Waals surface area contributed by atoms with Crippen LogP contribution in [0.5, 0.6) is 0 Å².